The SMILES string of the molecule is Cc1cc(C(=O)NCc2ccccc2C)nc(NC2CC2)n1. The van der Waals surface area contributed by atoms with Gasteiger partial charge in [0.05, 0.1) is 0 Å². The Labute approximate surface area is 130 Å². The molecule has 0 radical (unpaired) electrons. The molecule has 3 rings (SSSR count). The maximum absolute atomic E-state index is 12.3. The molecule has 0 spiro atoms. The molecule has 0 aliphatic heterocycles. The van der Waals surface area contributed by atoms with Gasteiger partial charge in [-0.3, -0.25) is 4.79 Å². The summed E-state index contributed by atoms with van der Waals surface area (Å²) in [6.07, 6.45) is 2.29. The predicted octanol–water partition coefficient (Wildman–Crippen LogP) is 2.60. The van der Waals surface area contributed by atoms with E-state index in [1.54, 1.807) is 6.07 Å². The van der Waals surface area contributed by atoms with Gasteiger partial charge < -0.3 is 10.6 Å². The topological polar surface area (TPSA) is 66.9 Å². The molecule has 1 amide bonds. The van der Waals surface area contributed by atoms with E-state index in [-0.39, 0.29) is 5.91 Å². The highest BCUT2D eigenvalue weighted by Crippen LogP contribution is 2.23. The van der Waals surface area contributed by atoms with Crippen molar-refractivity contribution in [3.05, 3.63) is 52.8 Å². The van der Waals surface area contributed by atoms with Crippen molar-refractivity contribution in [2.45, 2.75) is 39.3 Å². The summed E-state index contributed by atoms with van der Waals surface area (Å²) < 4.78 is 0. The second-order valence-corrected chi connectivity index (χ2v) is 5.75. The Morgan fingerprint density at radius 2 is 2.00 bits per heavy atom. The van der Waals surface area contributed by atoms with Crippen LogP contribution in [0.1, 0.15) is 40.2 Å². The number of nitrogens with one attached hydrogen (secondary N) is 2. The van der Waals surface area contributed by atoms with Gasteiger partial charge in [-0.15, -0.1) is 0 Å². The third-order valence-corrected chi connectivity index (χ3v) is 3.70. The van der Waals surface area contributed by atoms with Crippen molar-refractivity contribution in [1.82, 2.24) is 15.3 Å². The molecule has 5 heteroatoms. The molecule has 1 aromatic carbocycles. The van der Waals surface area contributed by atoms with Gasteiger partial charge in [-0.2, -0.15) is 0 Å². The Morgan fingerprint density at radius 1 is 1.23 bits per heavy atom. The Hall–Kier alpha value is -2.43. The largest absolute Gasteiger partial charge is 0.351 e. The molecule has 0 saturated heterocycles. The molecule has 0 bridgehead atoms. The number of rotatable bonds is 5. The Morgan fingerprint density at radius 3 is 2.73 bits per heavy atom. The number of benzene rings is 1. The van der Waals surface area contributed by atoms with Crippen LogP contribution in [-0.2, 0) is 6.54 Å². The van der Waals surface area contributed by atoms with Crippen molar-refractivity contribution in [3.8, 4) is 0 Å². The summed E-state index contributed by atoms with van der Waals surface area (Å²) in [6.45, 7) is 4.41. The minimum absolute atomic E-state index is 0.174. The molecule has 5 nitrogen and oxygen atoms in total. The molecule has 114 valence electrons. The molecular weight excluding hydrogens is 276 g/mol. The summed E-state index contributed by atoms with van der Waals surface area (Å²) in [4.78, 5) is 20.9. The fraction of sp³-hybridized carbons (Fsp3) is 0.353. The molecule has 0 atom stereocenters. The van der Waals surface area contributed by atoms with Crippen LogP contribution in [0.2, 0.25) is 0 Å². The maximum atomic E-state index is 12.3. The minimum atomic E-state index is -0.174. The lowest BCUT2D eigenvalue weighted by atomic mass is 10.1. The lowest BCUT2D eigenvalue weighted by Gasteiger charge is -2.09. The van der Waals surface area contributed by atoms with E-state index in [4.69, 9.17) is 0 Å². The van der Waals surface area contributed by atoms with Gasteiger partial charge in [0, 0.05) is 18.3 Å². The van der Waals surface area contributed by atoms with E-state index in [2.05, 4.69) is 20.6 Å². The fourth-order valence-corrected chi connectivity index (χ4v) is 2.23. The van der Waals surface area contributed by atoms with E-state index in [1.165, 1.54) is 0 Å². The number of anilines is 1. The van der Waals surface area contributed by atoms with Crippen LogP contribution in [0.15, 0.2) is 30.3 Å². The Bertz CT molecular complexity index is 695. The summed E-state index contributed by atoms with van der Waals surface area (Å²) in [5.41, 5.74) is 3.47. The second kappa shape index (κ2) is 6.13. The summed E-state index contributed by atoms with van der Waals surface area (Å²) in [6, 6.07) is 10.2. The third-order valence-electron chi connectivity index (χ3n) is 3.70. The van der Waals surface area contributed by atoms with Gasteiger partial charge in [0.2, 0.25) is 5.95 Å². The number of amides is 1. The highest BCUT2D eigenvalue weighted by Gasteiger charge is 2.22. The highest BCUT2D eigenvalue weighted by molar-refractivity contribution is 5.92. The monoisotopic (exact) mass is 296 g/mol. The molecule has 2 N–H and O–H groups in total. The number of aryl methyl sites for hydroxylation is 2. The summed E-state index contributed by atoms with van der Waals surface area (Å²) >= 11 is 0. The van der Waals surface area contributed by atoms with Crippen LogP contribution in [-0.4, -0.2) is 21.9 Å². The smallest absolute Gasteiger partial charge is 0.270 e. The molecular formula is C17H20N4O. The van der Waals surface area contributed by atoms with Crippen LogP contribution in [0.4, 0.5) is 5.95 Å². The van der Waals surface area contributed by atoms with Gasteiger partial charge in [-0.25, -0.2) is 9.97 Å². The number of nitrogens with zero attached hydrogens (tertiary/aromatic N) is 2. The molecule has 1 heterocycles. The lowest BCUT2D eigenvalue weighted by Crippen LogP contribution is -2.25. The average molecular weight is 296 g/mol. The number of carbonyl (C=O) groups excluding carboxylic acids is 1. The van der Waals surface area contributed by atoms with Gasteiger partial charge in [-0.05, 0) is 43.9 Å². The first-order chi connectivity index (χ1) is 10.6. The van der Waals surface area contributed by atoms with E-state index in [1.807, 2.05) is 38.1 Å². The molecule has 22 heavy (non-hydrogen) atoms. The van der Waals surface area contributed by atoms with Gasteiger partial charge >= 0.3 is 0 Å². The quantitative estimate of drug-likeness (QED) is 0.890. The summed E-state index contributed by atoms with van der Waals surface area (Å²) in [5, 5.41) is 6.16. The number of aromatic nitrogens is 2. The van der Waals surface area contributed by atoms with Gasteiger partial charge in [0.1, 0.15) is 5.69 Å². The van der Waals surface area contributed by atoms with Crippen LogP contribution in [0, 0.1) is 13.8 Å². The second-order valence-electron chi connectivity index (χ2n) is 5.75. The highest BCUT2D eigenvalue weighted by atomic mass is 16.1. The van der Waals surface area contributed by atoms with E-state index in [9.17, 15) is 4.79 Å². The number of hydrogen-bond donors (Lipinski definition) is 2. The van der Waals surface area contributed by atoms with E-state index in [0.717, 1.165) is 29.7 Å². The first kappa shape index (κ1) is 14.5. The van der Waals surface area contributed by atoms with Crippen LogP contribution < -0.4 is 10.6 Å². The van der Waals surface area contributed by atoms with E-state index >= 15 is 0 Å². The molecule has 1 aromatic heterocycles. The fourth-order valence-electron chi connectivity index (χ4n) is 2.23. The van der Waals surface area contributed by atoms with Crippen molar-refractivity contribution in [2.75, 3.05) is 5.32 Å². The van der Waals surface area contributed by atoms with Gasteiger partial charge in [-0.1, -0.05) is 24.3 Å². The zero-order valence-corrected chi connectivity index (χ0v) is 12.9. The standard InChI is InChI=1S/C17H20N4O/c1-11-5-3-4-6-13(11)10-18-16(22)15-9-12(2)19-17(21-15)20-14-7-8-14/h3-6,9,14H,7-8,10H2,1-2H3,(H,18,22)(H,19,20,21). The molecule has 1 aliphatic rings. The Kier molecular flexibility index (Phi) is 4.04. The first-order valence-corrected chi connectivity index (χ1v) is 7.57. The van der Waals surface area contributed by atoms with Crippen LogP contribution in [0.5, 0.6) is 0 Å². The third kappa shape index (κ3) is 3.61. The summed E-state index contributed by atoms with van der Waals surface area (Å²) in [5.74, 6) is 0.371. The molecule has 1 aliphatic carbocycles. The molecule has 2 aromatic rings. The van der Waals surface area contributed by atoms with Crippen LogP contribution in [0.3, 0.4) is 0 Å². The zero-order chi connectivity index (χ0) is 15.5. The average Bonchev–Trinajstić information content (AvgIpc) is 3.29. The number of hydrogen-bond acceptors (Lipinski definition) is 4. The summed E-state index contributed by atoms with van der Waals surface area (Å²) in [7, 11) is 0. The van der Waals surface area contributed by atoms with Crippen molar-refractivity contribution in [3.63, 3.8) is 0 Å². The van der Waals surface area contributed by atoms with Gasteiger partial charge in [0.25, 0.3) is 5.91 Å². The minimum Gasteiger partial charge on any atom is -0.351 e. The van der Waals surface area contributed by atoms with E-state index < -0.39 is 0 Å². The van der Waals surface area contributed by atoms with Crippen molar-refractivity contribution >= 4 is 11.9 Å². The van der Waals surface area contributed by atoms with Crippen molar-refractivity contribution in [2.24, 2.45) is 0 Å². The Balaban J connectivity index is 1.68. The van der Waals surface area contributed by atoms with Crippen molar-refractivity contribution in [1.29, 1.82) is 0 Å². The zero-order valence-electron chi connectivity index (χ0n) is 12.9. The van der Waals surface area contributed by atoms with Crippen LogP contribution in [0.25, 0.3) is 0 Å². The van der Waals surface area contributed by atoms with Gasteiger partial charge in [0.15, 0.2) is 0 Å². The first-order valence-electron chi connectivity index (χ1n) is 7.57. The maximum Gasteiger partial charge on any atom is 0.270 e. The lowest BCUT2D eigenvalue weighted by molar-refractivity contribution is 0.0945. The van der Waals surface area contributed by atoms with Crippen LogP contribution >= 0.6 is 0 Å². The van der Waals surface area contributed by atoms with Crippen molar-refractivity contribution < 1.29 is 4.79 Å². The predicted molar refractivity (Wildman–Crippen MR) is 85.8 cm³/mol. The normalized spacial score (nSPS) is 13.7. The van der Waals surface area contributed by atoms with E-state index in [0.29, 0.717) is 24.2 Å². The molecule has 1 fully saturated rings. The number of carbonyl (C=O) groups is 1. The molecule has 0 unspecified atom stereocenters. The molecule has 1 saturated carbocycles.